The van der Waals surface area contributed by atoms with E-state index in [1.54, 1.807) is 0 Å². The summed E-state index contributed by atoms with van der Waals surface area (Å²) in [6.45, 7) is 6.91. The topological polar surface area (TPSA) is 47.6 Å². The third kappa shape index (κ3) is 4.49. The fraction of sp³-hybridized carbons (Fsp3) is 0.917. The molecule has 0 radical (unpaired) electrons. The molecular formula is C12H23NO3. The van der Waals surface area contributed by atoms with Crippen molar-refractivity contribution in [3.63, 3.8) is 0 Å². The van der Waals surface area contributed by atoms with E-state index in [1.807, 2.05) is 13.8 Å². The van der Waals surface area contributed by atoms with Gasteiger partial charge in [-0.25, -0.2) is 0 Å². The first-order chi connectivity index (χ1) is 7.77. The fourth-order valence-corrected chi connectivity index (χ4v) is 1.91. The van der Waals surface area contributed by atoms with Crippen LogP contribution >= 0.6 is 0 Å². The summed E-state index contributed by atoms with van der Waals surface area (Å²) in [5, 5.41) is 3.25. The van der Waals surface area contributed by atoms with E-state index in [0.29, 0.717) is 12.5 Å². The first-order valence-corrected chi connectivity index (χ1v) is 6.25. The lowest BCUT2D eigenvalue weighted by Gasteiger charge is -2.16. The fourth-order valence-electron chi connectivity index (χ4n) is 1.91. The molecule has 2 unspecified atom stereocenters. The van der Waals surface area contributed by atoms with E-state index in [9.17, 15) is 4.79 Å². The zero-order chi connectivity index (χ0) is 11.8. The van der Waals surface area contributed by atoms with Crippen molar-refractivity contribution in [1.82, 2.24) is 5.32 Å². The van der Waals surface area contributed by atoms with Crippen molar-refractivity contribution in [2.75, 3.05) is 26.4 Å². The number of hydrogen-bond acceptors (Lipinski definition) is 4. The third-order valence-corrected chi connectivity index (χ3v) is 2.95. The molecule has 1 N–H and O–H groups in total. The molecule has 4 heteroatoms. The molecule has 0 aromatic heterocycles. The quantitative estimate of drug-likeness (QED) is 0.669. The van der Waals surface area contributed by atoms with E-state index < -0.39 is 0 Å². The lowest BCUT2D eigenvalue weighted by molar-refractivity contribution is -0.145. The molecule has 0 saturated carbocycles. The predicted octanol–water partition coefficient (Wildman–Crippen LogP) is 1.34. The number of carbonyl (C=O) groups is 1. The van der Waals surface area contributed by atoms with Gasteiger partial charge in [-0.05, 0) is 38.6 Å². The van der Waals surface area contributed by atoms with Crippen molar-refractivity contribution in [3.05, 3.63) is 0 Å². The van der Waals surface area contributed by atoms with Crippen molar-refractivity contribution in [2.24, 2.45) is 5.92 Å². The van der Waals surface area contributed by atoms with Crippen molar-refractivity contribution in [3.8, 4) is 0 Å². The Bertz CT molecular complexity index is 202. The second-order valence-electron chi connectivity index (χ2n) is 4.19. The summed E-state index contributed by atoms with van der Waals surface area (Å²) in [7, 11) is 0. The molecule has 0 aromatic rings. The summed E-state index contributed by atoms with van der Waals surface area (Å²) in [5.41, 5.74) is 0. The first-order valence-electron chi connectivity index (χ1n) is 6.25. The second kappa shape index (κ2) is 7.63. The molecule has 0 bridgehead atoms. The summed E-state index contributed by atoms with van der Waals surface area (Å²) in [5.74, 6) is 0.528. The number of esters is 1. The molecule has 16 heavy (non-hydrogen) atoms. The monoisotopic (exact) mass is 229 g/mol. The van der Waals surface area contributed by atoms with Crippen LogP contribution in [0.25, 0.3) is 0 Å². The molecule has 0 aromatic carbocycles. The van der Waals surface area contributed by atoms with E-state index in [4.69, 9.17) is 9.47 Å². The van der Waals surface area contributed by atoms with Gasteiger partial charge in [0, 0.05) is 13.2 Å². The minimum Gasteiger partial charge on any atom is -0.465 e. The molecule has 1 saturated heterocycles. The Hall–Kier alpha value is -0.610. The van der Waals surface area contributed by atoms with Crippen LogP contribution in [0.3, 0.4) is 0 Å². The SMILES string of the molecule is CCOC(=O)C(CC)NCCC1CCOC1. The molecule has 0 spiro atoms. The van der Waals surface area contributed by atoms with Gasteiger partial charge in [-0.2, -0.15) is 0 Å². The Balaban J connectivity index is 2.14. The predicted molar refractivity (Wildman–Crippen MR) is 62.3 cm³/mol. The first kappa shape index (κ1) is 13.5. The Morgan fingerprint density at radius 3 is 2.94 bits per heavy atom. The lowest BCUT2D eigenvalue weighted by atomic mass is 10.1. The standard InChI is InChI=1S/C12H23NO3/c1-3-11(12(14)16-4-2)13-7-5-10-6-8-15-9-10/h10-11,13H,3-9H2,1-2H3. The van der Waals surface area contributed by atoms with E-state index in [0.717, 1.165) is 39.0 Å². The highest BCUT2D eigenvalue weighted by atomic mass is 16.5. The van der Waals surface area contributed by atoms with Gasteiger partial charge in [0.05, 0.1) is 6.61 Å². The van der Waals surface area contributed by atoms with Crippen molar-refractivity contribution in [2.45, 2.75) is 39.2 Å². The van der Waals surface area contributed by atoms with Crippen LogP contribution in [0.5, 0.6) is 0 Å². The van der Waals surface area contributed by atoms with E-state index in [2.05, 4.69) is 5.32 Å². The number of rotatable bonds is 7. The van der Waals surface area contributed by atoms with Gasteiger partial charge in [-0.3, -0.25) is 4.79 Å². The smallest absolute Gasteiger partial charge is 0.323 e. The molecule has 1 rings (SSSR count). The number of nitrogens with one attached hydrogen (secondary N) is 1. The molecule has 0 aliphatic carbocycles. The Morgan fingerprint density at radius 1 is 1.56 bits per heavy atom. The third-order valence-electron chi connectivity index (χ3n) is 2.95. The molecule has 1 fully saturated rings. The zero-order valence-electron chi connectivity index (χ0n) is 10.3. The highest BCUT2D eigenvalue weighted by molar-refractivity contribution is 5.75. The minimum absolute atomic E-state index is 0.132. The highest BCUT2D eigenvalue weighted by Gasteiger charge is 2.19. The van der Waals surface area contributed by atoms with Gasteiger partial charge in [0.2, 0.25) is 0 Å². The summed E-state index contributed by atoms with van der Waals surface area (Å²) < 4.78 is 10.3. The molecule has 94 valence electrons. The van der Waals surface area contributed by atoms with Gasteiger partial charge in [0.15, 0.2) is 0 Å². The lowest BCUT2D eigenvalue weighted by Crippen LogP contribution is -2.38. The van der Waals surface area contributed by atoms with Gasteiger partial charge in [0.1, 0.15) is 6.04 Å². The van der Waals surface area contributed by atoms with Crippen molar-refractivity contribution in [1.29, 1.82) is 0 Å². The van der Waals surface area contributed by atoms with Crippen molar-refractivity contribution >= 4 is 5.97 Å². The normalized spacial score (nSPS) is 22.0. The van der Waals surface area contributed by atoms with Gasteiger partial charge < -0.3 is 14.8 Å². The summed E-state index contributed by atoms with van der Waals surface area (Å²) >= 11 is 0. The summed E-state index contributed by atoms with van der Waals surface area (Å²) in [6, 6.07) is -0.151. The highest BCUT2D eigenvalue weighted by Crippen LogP contribution is 2.15. The maximum Gasteiger partial charge on any atom is 0.323 e. The maximum atomic E-state index is 11.5. The van der Waals surface area contributed by atoms with Crippen LogP contribution in [0.1, 0.15) is 33.1 Å². The van der Waals surface area contributed by atoms with E-state index >= 15 is 0 Å². The Kier molecular flexibility index (Phi) is 6.42. The molecule has 1 heterocycles. The minimum atomic E-state index is -0.151. The van der Waals surface area contributed by atoms with Crippen molar-refractivity contribution < 1.29 is 14.3 Å². The van der Waals surface area contributed by atoms with Crippen LogP contribution in [0.4, 0.5) is 0 Å². The Labute approximate surface area is 97.7 Å². The second-order valence-corrected chi connectivity index (χ2v) is 4.19. The molecular weight excluding hydrogens is 206 g/mol. The largest absolute Gasteiger partial charge is 0.465 e. The van der Waals surface area contributed by atoms with Crippen LogP contribution in [0.15, 0.2) is 0 Å². The zero-order valence-corrected chi connectivity index (χ0v) is 10.3. The maximum absolute atomic E-state index is 11.5. The number of hydrogen-bond donors (Lipinski definition) is 1. The van der Waals surface area contributed by atoms with Crippen LogP contribution in [-0.4, -0.2) is 38.4 Å². The molecule has 1 aliphatic heterocycles. The van der Waals surface area contributed by atoms with Crippen LogP contribution in [-0.2, 0) is 14.3 Å². The van der Waals surface area contributed by atoms with Gasteiger partial charge in [-0.15, -0.1) is 0 Å². The Morgan fingerprint density at radius 2 is 2.38 bits per heavy atom. The van der Waals surface area contributed by atoms with Gasteiger partial charge in [0.25, 0.3) is 0 Å². The van der Waals surface area contributed by atoms with Gasteiger partial charge >= 0.3 is 5.97 Å². The average molecular weight is 229 g/mol. The number of ether oxygens (including phenoxy) is 2. The average Bonchev–Trinajstić information content (AvgIpc) is 2.77. The molecule has 4 nitrogen and oxygen atoms in total. The number of carbonyl (C=O) groups excluding carboxylic acids is 1. The summed E-state index contributed by atoms with van der Waals surface area (Å²) in [6.07, 6.45) is 3.01. The van der Waals surface area contributed by atoms with E-state index in [1.165, 1.54) is 0 Å². The molecule has 0 amide bonds. The molecule has 1 aliphatic rings. The van der Waals surface area contributed by atoms with Crippen LogP contribution < -0.4 is 5.32 Å². The summed E-state index contributed by atoms with van der Waals surface area (Å²) in [4.78, 5) is 11.5. The van der Waals surface area contributed by atoms with E-state index in [-0.39, 0.29) is 12.0 Å². The van der Waals surface area contributed by atoms with Crippen LogP contribution in [0.2, 0.25) is 0 Å². The molecule has 2 atom stereocenters. The van der Waals surface area contributed by atoms with Crippen LogP contribution in [0, 0.1) is 5.92 Å². The van der Waals surface area contributed by atoms with Gasteiger partial charge in [-0.1, -0.05) is 6.92 Å².